The van der Waals surface area contributed by atoms with Crippen molar-refractivity contribution in [2.24, 2.45) is 11.8 Å². The van der Waals surface area contributed by atoms with E-state index in [4.69, 9.17) is 9.15 Å². The first-order valence-electron chi connectivity index (χ1n) is 8.27. The van der Waals surface area contributed by atoms with Crippen molar-refractivity contribution >= 4 is 5.91 Å². The minimum Gasteiger partial charge on any atom is -0.486 e. The first kappa shape index (κ1) is 16.6. The maximum absolute atomic E-state index is 12.9. The van der Waals surface area contributed by atoms with Crippen LogP contribution < -0.4 is 4.74 Å². The summed E-state index contributed by atoms with van der Waals surface area (Å²) in [6.45, 7) is 6.07. The Labute approximate surface area is 141 Å². The maximum atomic E-state index is 12.9. The van der Waals surface area contributed by atoms with E-state index >= 15 is 0 Å². The van der Waals surface area contributed by atoms with Gasteiger partial charge in [-0.1, -0.05) is 13.8 Å². The molecule has 2 heterocycles. The van der Waals surface area contributed by atoms with Crippen molar-refractivity contribution in [3.05, 3.63) is 53.7 Å². The second-order valence-corrected chi connectivity index (χ2v) is 6.66. The van der Waals surface area contributed by atoms with Crippen molar-refractivity contribution in [3.8, 4) is 5.75 Å². The molecule has 4 nitrogen and oxygen atoms in total. The van der Waals surface area contributed by atoms with E-state index in [1.807, 2.05) is 4.90 Å². The number of benzene rings is 1. The lowest BCUT2D eigenvalue weighted by Gasteiger charge is -2.34. The predicted octanol–water partition coefficient (Wildman–Crippen LogP) is 4.12. The molecule has 1 aliphatic rings. The number of hydrogen-bond donors (Lipinski definition) is 0. The molecule has 3 rings (SSSR count). The van der Waals surface area contributed by atoms with Crippen molar-refractivity contribution in [2.75, 3.05) is 13.1 Å². The fourth-order valence-corrected chi connectivity index (χ4v) is 3.24. The number of carbonyl (C=O) groups excluding carboxylic acids is 1. The second-order valence-electron chi connectivity index (χ2n) is 6.66. The van der Waals surface area contributed by atoms with Gasteiger partial charge in [-0.3, -0.25) is 4.79 Å². The highest BCUT2D eigenvalue weighted by Gasteiger charge is 2.27. The van der Waals surface area contributed by atoms with Crippen LogP contribution in [0.4, 0.5) is 4.39 Å². The van der Waals surface area contributed by atoms with Gasteiger partial charge >= 0.3 is 0 Å². The molecule has 0 spiro atoms. The highest BCUT2D eigenvalue weighted by molar-refractivity contribution is 5.91. The first-order chi connectivity index (χ1) is 11.5. The van der Waals surface area contributed by atoms with Crippen LogP contribution in [0, 0.1) is 17.7 Å². The third-order valence-corrected chi connectivity index (χ3v) is 4.22. The van der Waals surface area contributed by atoms with Gasteiger partial charge in [0.05, 0.1) is 0 Å². The zero-order chi connectivity index (χ0) is 17.1. The molecule has 0 aliphatic carbocycles. The fraction of sp³-hybridized carbons (Fsp3) is 0.421. The molecule has 1 aliphatic heterocycles. The van der Waals surface area contributed by atoms with Gasteiger partial charge in [0.2, 0.25) is 0 Å². The lowest BCUT2D eigenvalue weighted by Crippen LogP contribution is -2.42. The van der Waals surface area contributed by atoms with Gasteiger partial charge in [0, 0.05) is 13.1 Å². The molecule has 128 valence electrons. The molecule has 1 amide bonds. The standard InChI is InChI=1S/C19H22FNO3/c1-13-9-14(2)11-21(10-13)19(22)18-8-7-17(24-18)12-23-16-5-3-15(20)4-6-16/h3-8,13-14H,9-12H2,1-2H3/t13-,14+. The van der Waals surface area contributed by atoms with Crippen LogP contribution in [0.25, 0.3) is 0 Å². The minimum absolute atomic E-state index is 0.0681. The largest absolute Gasteiger partial charge is 0.486 e. The number of hydrogen-bond acceptors (Lipinski definition) is 3. The molecule has 1 aromatic carbocycles. The Hall–Kier alpha value is -2.30. The Morgan fingerprint density at radius 3 is 2.50 bits per heavy atom. The van der Waals surface area contributed by atoms with E-state index in [0.29, 0.717) is 29.1 Å². The molecule has 0 radical (unpaired) electrons. The average molecular weight is 331 g/mol. The zero-order valence-corrected chi connectivity index (χ0v) is 14.0. The first-order valence-corrected chi connectivity index (χ1v) is 8.27. The lowest BCUT2D eigenvalue weighted by atomic mass is 9.92. The molecule has 1 aromatic heterocycles. The van der Waals surface area contributed by atoms with Crippen molar-refractivity contribution in [1.29, 1.82) is 0 Å². The van der Waals surface area contributed by atoms with Gasteiger partial charge in [-0.25, -0.2) is 4.39 Å². The van der Waals surface area contributed by atoms with Crippen LogP contribution in [-0.4, -0.2) is 23.9 Å². The third kappa shape index (κ3) is 3.96. The van der Waals surface area contributed by atoms with Crippen LogP contribution in [0.15, 0.2) is 40.8 Å². The fourth-order valence-electron chi connectivity index (χ4n) is 3.24. The third-order valence-electron chi connectivity index (χ3n) is 4.22. The number of likely N-dealkylation sites (tertiary alicyclic amines) is 1. The van der Waals surface area contributed by atoms with Crippen molar-refractivity contribution in [2.45, 2.75) is 26.9 Å². The van der Waals surface area contributed by atoms with Gasteiger partial charge in [0.1, 0.15) is 23.9 Å². The van der Waals surface area contributed by atoms with E-state index in [1.54, 1.807) is 24.3 Å². The number of halogens is 1. The molecule has 1 saturated heterocycles. The topological polar surface area (TPSA) is 42.7 Å². The monoisotopic (exact) mass is 331 g/mol. The molecule has 2 aromatic rings. The lowest BCUT2D eigenvalue weighted by molar-refractivity contribution is 0.0587. The van der Waals surface area contributed by atoms with E-state index in [2.05, 4.69) is 13.8 Å². The summed E-state index contributed by atoms with van der Waals surface area (Å²) >= 11 is 0. The van der Waals surface area contributed by atoms with Crippen molar-refractivity contribution in [3.63, 3.8) is 0 Å². The summed E-state index contributed by atoms with van der Waals surface area (Å²) in [6.07, 6.45) is 1.15. The Kier molecular flexibility index (Phi) is 4.88. The Morgan fingerprint density at radius 1 is 1.17 bits per heavy atom. The van der Waals surface area contributed by atoms with E-state index in [9.17, 15) is 9.18 Å². The molecule has 1 fully saturated rings. The number of nitrogens with zero attached hydrogens (tertiary/aromatic N) is 1. The van der Waals surface area contributed by atoms with Crippen LogP contribution in [0.1, 0.15) is 36.6 Å². The number of amides is 1. The highest BCUT2D eigenvalue weighted by Crippen LogP contribution is 2.23. The molecule has 0 unspecified atom stereocenters. The molecule has 0 N–H and O–H groups in total. The molecule has 5 heteroatoms. The minimum atomic E-state index is -0.307. The number of rotatable bonds is 4. The van der Waals surface area contributed by atoms with Crippen LogP contribution >= 0.6 is 0 Å². The number of ether oxygens (including phenoxy) is 1. The summed E-state index contributed by atoms with van der Waals surface area (Å²) in [5, 5.41) is 0. The molecule has 0 saturated carbocycles. The molecular formula is C19H22FNO3. The van der Waals surface area contributed by atoms with Gasteiger partial charge < -0.3 is 14.1 Å². The molecular weight excluding hydrogens is 309 g/mol. The van der Waals surface area contributed by atoms with E-state index in [0.717, 1.165) is 19.5 Å². The summed E-state index contributed by atoms with van der Waals surface area (Å²) in [5.74, 6) is 2.11. The summed E-state index contributed by atoms with van der Waals surface area (Å²) in [5.41, 5.74) is 0. The highest BCUT2D eigenvalue weighted by atomic mass is 19.1. The van der Waals surface area contributed by atoms with E-state index in [-0.39, 0.29) is 18.3 Å². The Balaban J connectivity index is 1.60. The maximum Gasteiger partial charge on any atom is 0.289 e. The second kappa shape index (κ2) is 7.07. The molecule has 0 bridgehead atoms. The summed E-state index contributed by atoms with van der Waals surface area (Å²) < 4.78 is 24.0. The van der Waals surface area contributed by atoms with Gasteiger partial charge in [-0.15, -0.1) is 0 Å². The zero-order valence-electron chi connectivity index (χ0n) is 14.0. The van der Waals surface area contributed by atoms with Crippen LogP contribution in [0.2, 0.25) is 0 Å². The average Bonchev–Trinajstić information content (AvgIpc) is 3.01. The summed E-state index contributed by atoms with van der Waals surface area (Å²) in [4.78, 5) is 14.4. The van der Waals surface area contributed by atoms with Crippen molar-refractivity contribution < 1.29 is 18.3 Å². The van der Waals surface area contributed by atoms with Crippen LogP contribution in [0.5, 0.6) is 5.75 Å². The van der Waals surface area contributed by atoms with Gasteiger partial charge in [-0.05, 0) is 54.7 Å². The normalized spacial score (nSPS) is 20.9. The number of carbonyl (C=O) groups is 1. The van der Waals surface area contributed by atoms with Crippen LogP contribution in [0.3, 0.4) is 0 Å². The summed E-state index contributed by atoms with van der Waals surface area (Å²) in [7, 11) is 0. The smallest absolute Gasteiger partial charge is 0.289 e. The van der Waals surface area contributed by atoms with E-state index < -0.39 is 0 Å². The summed E-state index contributed by atoms with van der Waals surface area (Å²) in [6, 6.07) is 9.22. The quantitative estimate of drug-likeness (QED) is 0.846. The number of piperidine rings is 1. The predicted molar refractivity (Wildman–Crippen MR) is 88.3 cm³/mol. The Bertz CT molecular complexity index is 685. The van der Waals surface area contributed by atoms with Gasteiger partial charge in [0.25, 0.3) is 5.91 Å². The van der Waals surface area contributed by atoms with Gasteiger partial charge in [-0.2, -0.15) is 0 Å². The number of furan rings is 1. The van der Waals surface area contributed by atoms with E-state index in [1.165, 1.54) is 12.1 Å². The van der Waals surface area contributed by atoms with Crippen LogP contribution in [-0.2, 0) is 6.61 Å². The SMILES string of the molecule is C[C@@H]1C[C@H](C)CN(C(=O)c2ccc(COc3ccc(F)cc3)o2)C1. The van der Waals surface area contributed by atoms with Gasteiger partial charge in [0.15, 0.2) is 5.76 Å². The molecule has 24 heavy (non-hydrogen) atoms. The molecule has 2 atom stereocenters. The van der Waals surface area contributed by atoms with Crippen molar-refractivity contribution in [1.82, 2.24) is 4.90 Å². The Morgan fingerprint density at radius 2 is 1.83 bits per heavy atom.